The van der Waals surface area contributed by atoms with Crippen LogP contribution in [0, 0.1) is 17.0 Å². The number of anilines is 1. The van der Waals surface area contributed by atoms with Gasteiger partial charge in [-0.3, -0.25) is 19.8 Å². The molecule has 1 amide bonds. The number of para-hydroxylation sites is 1. The molecule has 0 N–H and O–H groups in total. The number of halogens is 3. The number of benzene rings is 1. The van der Waals surface area contributed by atoms with E-state index in [0.29, 0.717) is 10.6 Å². The average Bonchev–Trinajstić information content (AvgIpc) is 2.89. The maximum Gasteiger partial charge on any atom is 0.406 e. The zero-order chi connectivity index (χ0) is 17.2. The fourth-order valence-electron chi connectivity index (χ4n) is 1.83. The van der Waals surface area contributed by atoms with Crippen LogP contribution >= 0.6 is 11.3 Å². The number of hydrogen-bond donors (Lipinski definition) is 0. The van der Waals surface area contributed by atoms with E-state index in [0.717, 1.165) is 23.5 Å². The fourth-order valence-corrected chi connectivity index (χ4v) is 2.63. The van der Waals surface area contributed by atoms with Gasteiger partial charge in [0, 0.05) is 11.4 Å². The minimum atomic E-state index is -4.67. The number of thiazole rings is 1. The maximum absolute atomic E-state index is 12.8. The Balaban J connectivity index is 2.47. The number of carbonyl (C=O) groups excluding carboxylic acids is 1. The summed E-state index contributed by atoms with van der Waals surface area (Å²) in [6.07, 6.45) is -4.67. The zero-order valence-corrected chi connectivity index (χ0v) is 12.5. The molecule has 122 valence electrons. The van der Waals surface area contributed by atoms with Crippen molar-refractivity contribution in [2.75, 3.05) is 11.4 Å². The van der Waals surface area contributed by atoms with E-state index in [4.69, 9.17) is 0 Å². The molecule has 0 radical (unpaired) electrons. The van der Waals surface area contributed by atoms with Crippen molar-refractivity contribution in [1.82, 2.24) is 4.98 Å². The van der Waals surface area contributed by atoms with E-state index in [1.165, 1.54) is 17.5 Å². The van der Waals surface area contributed by atoms with Gasteiger partial charge in [0.25, 0.3) is 11.6 Å². The summed E-state index contributed by atoms with van der Waals surface area (Å²) in [4.78, 5) is 26.9. The van der Waals surface area contributed by atoms with Gasteiger partial charge in [0.05, 0.1) is 10.6 Å². The van der Waals surface area contributed by atoms with Crippen molar-refractivity contribution >= 4 is 28.1 Å². The Morgan fingerprint density at radius 3 is 2.57 bits per heavy atom. The summed E-state index contributed by atoms with van der Waals surface area (Å²) in [6, 6.07) is 4.85. The van der Waals surface area contributed by atoms with Crippen molar-refractivity contribution in [3.05, 3.63) is 51.0 Å². The Hall–Kier alpha value is -2.49. The molecule has 0 aliphatic heterocycles. The van der Waals surface area contributed by atoms with Gasteiger partial charge in [0.1, 0.15) is 12.1 Å². The molecule has 0 fully saturated rings. The highest BCUT2D eigenvalue weighted by Crippen LogP contribution is 2.29. The van der Waals surface area contributed by atoms with Crippen LogP contribution in [0.15, 0.2) is 29.6 Å². The van der Waals surface area contributed by atoms with E-state index < -0.39 is 34.8 Å². The minimum Gasteiger partial charge on any atom is -0.275 e. The van der Waals surface area contributed by atoms with Crippen molar-refractivity contribution in [3.8, 4) is 0 Å². The number of aromatic nitrogens is 1. The van der Waals surface area contributed by atoms with Crippen molar-refractivity contribution in [1.29, 1.82) is 0 Å². The molecule has 0 aliphatic carbocycles. The third-order valence-corrected chi connectivity index (χ3v) is 3.73. The molecule has 2 aromatic rings. The summed E-state index contributed by atoms with van der Waals surface area (Å²) in [5.41, 5.74) is -0.528. The van der Waals surface area contributed by atoms with Gasteiger partial charge in [0.15, 0.2) is 5.13 Å². The molecule has 1 aromatic heterocycles. The summed E-state index contributed by atoms with van der Waals surface area (Å²) in [5.74, 6) is -1.12. The topological polar surface area (TPSA) is 76.3 Å². The molecular formula is C13H10F3N3O3S. The van der Waals surface area contributed by atoms with E-state index in [9.17, 15) is 28.1 Å². The Kier molecular flexibility index (Phi) is 4.64. The number of nitro groups is 1. The van der Waals surface area contributed by atoms with Gasteiger partial charge in [0.2, 0.25) is 0 Å². The van der Waals surface area contributed by atoms with Crippen LogP contribution in [0.3, 0.4) is 0 Å². The van der Waals surface area contributed by atoms with E-state index in [1.54, 1.807) is 6.92 Å². The van der Waals surface area contributed by atoms with E-state index in [-0.39, 0.29) is 5.13 Å². The lowest BCUT2D eigenvalue weighted by atomic mass is 10.1. The van der Waals surface area contributed by atoms with Crippen LogP contribution in [0.25, 0.3) is 0 Å². The van der Waals surface area contributed by atoms with E-state index in [2.05, 4.69) is 4.98 Å². The standard InChI is InChI=1S/C13H10F3N3O3S/c1-8-6-23-12(17-8)18(7-13(14,15)16)11(20)9-4-2-3-5-10(9)19(21)22/h2-6H,7H2,1H3. The summed E-state index contributed by atoms with van der Waals surface area (Å²) in [6.45, 7) is -0.00789. The molecule has 1 aromatic carbocycles. The Morgan fingerprint density at radius 1 is 1.39 bits per heavy atom. The van der Waals surface area contributed by atoms with Crippen LogP contribution in [-0.2, 0) is 0 Å². The quantitative estimate of drug-likeness (QED) is 0.627. The third-order valence-electron chi connectivity index (χ3n) is 2.75. The Labute approximate surface area is 132 Å². The number of nitrogens with zero attached hydrogens (tertiary/aromatic N) is 3. The van der Waals surface area contributed by atoms with Crippen molar-refractivity contribution in [3.63, 3.8) is 0 Å². The number of nitro benzene ring substituents is 1. The molecule has 0 bridgehead atoms. The average molecular weight is 345 g/mol. The highest BCUT2D eigenvalue weighted by Gasteiger charge is 2.37. The Morgan fingerprint density at radius 2 is 2.04 bits per heavy atom. The Bertz CT molecular complexity index is 745. The molecular weight excluding hydrogens is 335 g/mol. The zero-order valence-electron chi connectivity index (χ0n) is 11.7. The smallest absolute Gasteiger partial charge is 0.275 e. The van der Waals surface area contributed by atoms with Gasteiger partial charge in [-0.1, -0.05) is 12.1 Å². The van der Waals surface area contributed by atoms with Crippen LogP contribution in [-0.4, -0.2) is 28.5 Å². The first-order valence-electron chi connectivity index (χ1n) is 6.23. The van der Waals surface area contributed by atoms with Gasteiger partial charge in [-0.15, -0.1) is 11.3 Å². The highest BCUT2D eigenvalue weighted by molar-refractivity contribution is 7.14. The van der Waals surface area contributed by atoms with Crippen molar-refractivity contribution < 1.29 is 22.9 Å². The first kappa shape index (κ1) is 16.9. The molecule has 1 heterocycles. The highest BCUT2D eigenvalue weighted by atomic mass is 32.1. The second-order valence-electron chi connectivity index (χ2n) is 4.55. The van der Waals surface area contributed by atoms with Crippen LogP contribution < -0.4 is 4.90 Å². The lowest BCUT2D eigenvalue weighted by molar-refractivity contribution is -0.385. The normalized spacial score (nSPS) is 11.3. The molecule has 0 unspecified atom stereocenters. The first-order valence-corrected chi connectivity index (χ1v) is 7.11. The molecule has 23 heavy (non-hydrogen) atoms. The van der Waals surface area contributed by atoms with Gasteiger partial charge >= 0.3 is 6.18 Å². The summed E-state index contributed by atoms with van der Waals surface area (Å²) in [7, 11) is 0. The number of amides is 1. The van der Waals surface area contributed by atoms with Gasteiger partial charge in [-0.05, 0) is 13.0 Å². The second-order valence-corrected chi connectivity index (χ2v) is 5.39. The van der Waals surface area contributed by atoms with Gasteiger partial charge in [-0.25, -0.2) is 4.98 Å². The van der Waals surface area contributed by atoms with Gasteiger partial charge in [-0.2, -0.15) is 13.2 Å². The first-order chi connectivity index (χ1) is 10.7. The van der Waals surface area contributed by atoms with Gasteiger partial charge < -0.3 is 0 Å². The van der Waals surface area contributed by atoms with Crippen LogP contribution in [0.2, 0.25) is 0 Å². The van der Waals surface area contributed by atoms with E-state index in [1.807, 2.05) is 0 Å². The summed E-state index contributed by atoms with van der Waals surface area (Å²) < 4.78 is 38.3. The SMILES string of the molecule is Cc1csc(N(CC(F)(F)F)C(=O)c2ccccc2[N+](=O)[O-])n1. The second kappa shape index (κ2) is 6.32. The lowest BCUT2D eigenvalue weighted by Crippen LogP contribution is -2.39. The number of hydrogen-bond acceptors (Lipinski definition) is 5. The lowest BCUT2D eigenvalue weighted by Gasteiger charge is -2.21. The van der Waals surface area contributed by atoms with Crippen LogP contribution in [0.5, 0.6) is 0 Å². The van der Waals surface area contributed by atoms with E-state index >= 15 is 0 Å². The largest absolute Gasteiger partial charge is 0.406 e. The molecule has 6 nitrogen and oxygen atoms in total. The third kappa shape index (κ3) is 4.03. The van der Waals surface area contributed by atoms with Crippen LogP contribution in [0.4, 0.5) is 24.0 Å². The van der Waals surface area contributed by atoms with Crippen molar-refractivity contribution in [2.45, 2.75) is 13.1 Å². The predicted octanol–water partition coefficient (Wildman–Crippen LogP) is 3.57. The predicted molar refractivity (Wildman–Crippen MR) is 77.7 cm³/mol. The minimum absolute atomic E-state index is 0.164. The molecule has 0 aliphatic rings. The molecule has 0 saturated heterocycles. The fraction of sp³-hybridized carbons (Fsp3) is 0.231. The monoisotopic (exact) mass is 345 g/mol. The molecule has 0 atom stereocenters. The molecule has 2 rings (SSSR count). The number of carbonyl (C=O) groups is 1. The molecule has 0 saturated carbocycles. The molecule has 0 spiro atoms. The maximum atomic E-state index is 12.8. The number of rotatable bonds is 4. The van der Waals surface area contributed by atoms with Crippen LogP contribution in [0.1, 0.15) is 16.1 Å². The summed E-state index contributed by atoms with van der Waals surface area (Å²) in [5, 5.41) is 12.3. The molecule has 10 heteroatoms. The summed E-state index contributed by atoms with van der Waals surface area (Å²) >= 11 is 0.860. The number of alkyl halides is 3. The van der Waals surface area contributed by atoms with Crippen molar-refractivity contribution in [2.24, 2.45) is 0 Å². The number of aryl methyl sites for hydroxylation is 1.